The summed E-state index contributed by atoms with van der Waals surface area (Å²) in [6.07, 6.45) is 0. The smallest absolute Gasteiger partial charge is 0.181 e. The summed E-state index contributed by atoms with van der Waals surface area (Å²) in [5.41, 5.74) is 4.43. The fraction of sp³-hybridized carbons (Fsp3) is 0.208. The van der Waals surface area contributed by atoms with Crippen molar-refractivity contribution in [2.45, 2.75) is 32.0 Å². The number of Topliss-reactive ketones (excluding diaryl/α,β-unsaturated/α-hetero) is 1. The van der Waals surface area contributed by atoms with Gasteiger partial charge in [0.05, 0.1) is 12.1 Å². The standard InChI is InChI=1S/C24H23NO/c1-17(2)25-22(23(25)24(26)21-11-7-4-8-12-21)20-15-13-19(14-16-20)18-9-5-3-6-10-18/h3-17,22-23H,1-2H3. The van der Waals surface area contributed by atoms with E-state index in [2.05, 4.69) is 67.3 Å². The highest BCUT2D eigenvalue weighted by Crippen LogP contribution is 2.46. The van der Waals surface area contributed by atoms with Gasteiger partial charge in [0.15, 0.2) is 5.78 Å². The zero-order valence-corrected chi connectivity index (χ0v) is 15.2. The number of benzene rings is 3. The Morgan fingerprint density at radius 2 is 1.31 bits per heavy atom. The van der Waals surface area contributed by atoms with Crippen LogP contribution in [0.25, 0.3) is 11.1 Å². The molecule has 0 N–H and O–H groups in total. The van der Waals surface area contributed by atoms with E-state index >= 15 is 0 Å². The molecule has 1 heterocycles. The molecule has 0 aromatic heterocycles. The Bertz CT molecular complexity index is 885. The molecule has 3 atom stereocenters. The van der Waals surface area contributed by atoms with Gasteiger partial charge in [0.2, 0.25) is 0 Å². The quantitative estimate of drug-likeness (QED) is 0.459. The summed E-state index contributed by atoms with van der Waals surface area (Å²) in [6, 6.07) is 29.1. The number of hydrogen-bond acceptors (Lipinski definition) is 2. The monoisotopic (exact) mass is 341 g/mol. The minimum atomic E-state index is -0.0556. The van der Waals surface area contributed by atoms with E-state index in [-0.39, 0.29) is 17.9 Å². The first-order chi connectivity index (χ1) is 12.7. The highest BCUT2D eigenvalue weighted by atomic mass is 16.1. The van der Waals surface area contributed by atoms with Gasteiger partial charge in [0, 0.05) is 11.6 Å². The summed E-state index contributed by atoms with van der Waals surface area (Å²) in [4.78, 5) is 15.3. The third-order valence-corrected chi connectivity index (χ3v) is 5.13. The number of hydrogen-bond donors (Lipinski definition) is 0. The maximum absolute atomic E-state index is 13.0. The zero-order valence-electron chi connectivity index (χ0n) is 15.2. The third-order valence-electron chi connectivity index (χ3n) is 5.13. The van der Waals surface area contributed by atoms with Crippen LogP contribution in [0.5, 0.6) is 0 Å². The molecule has 1 aliphatic heterocycles. The van der Waals surface area contributed by atoms with Gasteiger partial charge >= 0.3 is 0 Å². The van der Waals surface area contributed by atoms with Gasteiger partial charge in [0.25, 0.3) is 0 Å². The number of carbonyl (C=O) groups is 1. The average Bonchev–Trinajstić information content (AvgIpc) is 3.45. The van der Waals surface area contributed by atoms with Gasteiger partial charge in [-0.1, -0.05) is 84.9 Å². The topological polar surface area (TPSA) is 20.1 Å². The average molecular weight is 341 g/mol. The van der Waals surface area contributed by atoms with Crippen molar-refractivity contribution in [3.63, 3.8) is 0 Å². The Balaban J connectivity index is 1.59. The van der Waals surface area contributed by atoms with E-state index in [1.807, 2.05) is 36.4 Å². The molecule has 26 heavy (non-hydrogen) atoms. The molecular formula is C24H23NO. The van der Waals surface area contributed by atoms with E-state index in [1.54, 1.807) is 0 Å². The summed E-state index contributed by atoms with van der Waals surface area (Å²) < 4.78 is 0. The largest absolute Gasteiger partial charge is 0.292 e. The summed E-state index contributed by atoms with van der Waals surface area (Å²) in [5, 5.41) is 0. The molecule has 3 aromatic rings. The van der Waals surface area contributed by atoms with Crippen molar-refractivity contribution in [1.29, 1.82) is 0 Å². The number of rotatable bonds is 5. The molecule has 1 fully saturated rings. The van der Waals surface area contributed by atoms with Crippen molar-refractivity contribution in [3.05, 3.63) is 96.1 Å². The second-order valence-corrected chi connectivity index (χ2v) is 7.15. The van der Waals surface area contributed by atoms with Gasteiger partial charge in [-0.2, -0.15) is 0 Å². The molecule has 2 nitrogen and oxygen atoms in total. The minimum Gasteiger partial charge on any atom is -0.292 e. The lowest BCUT2D eigenvalue weighted by Crippen LogP contribution is -2.18. The minimum absolute atomic E-state index is 0.0556. The molecule has 0 bridgehead atoms. The normalized spacial score (nSPS) is 21.6. The van der Waals surface area contributed by atoms with Crippen molar-refractivity contribution in [1.82, 2.24) is 4.90 Å². The van der Waals surface area contributed by atoms with Gasteiger partial charge < -0.3 is 0 Å². The highest BCUT2D eigenvalue weighted by molar-refractivity contribution is 6.02. The first kappa shape index (κ1) is 16.7. The lowest BCUT2D eigenvalue weighted by Gasteiger charge is -2.08. The summed E-state index contributed by atoms with van der Waals surface area (Å²) in [6.45, 7) is 4.31. The maximum atomic E-state index is 13.0. The van der Waals surface area contributed by atoms with Crippen molar-refractivity contribution in [2.75, 3.05) is 0 Å². The number of carbonyl (C=O) groups excluding carboxylic acids is 1. The van der Waals surface area contributed by atoms with E-state index < -0.39 is 0 Å². The molecule has 1 saturated heterocycles. The maximum Gasteiger partial charge on any atom is 0.181 e. The molecular weight excluding hydrogens is 318 g/mol. The van der Waals surface area contributed by atoms with Gasteiger partial charge in [0.1, 0.15) is 0 Å². The van der Waals surface area contributed by atoms with Crippen molar-refractivity contribution >= 4 is 5.78 Å². The van der Waals surface area contributed by atoms with E-state index in [0.717, 1.165) is 5.56 Å². The molecule has 0 amide bonds. The number of nitrogens with zero attached hydrogens (tertiary/aromatic N) is 1. The Morgan fingerprint density at radius 1 is 0.769 bits per heavy atom. The Kier molecular flexibility index (Phi) is 4.44. The molecule has 0 aliphatic carbocycles. The predicted molar refractivity (Wildman–Crippen MR) is 106 cm³/mol. The Morgan fingerprint density at radius 3 is 1.88 bits per heavy atom. The zero-order chi connectivity index (χ0) is 18.1. The molecule has 0 spiro atoms. The summed E-state index contributed by atoms with van der Waals surface area (Å²) >= 11 is 0. The molecule has 0 saturated carbocycles. The second kappa shape index (κ2) is 6.89. The SMILES string of the molecule is CC(C)N1C(C(=O)c2ccccc2)C1c1ccc(-c2ccccc2)cc1. The third kappa shape index (κ3) is 3.09. The van der Waals surface area contributed by atoms with Gasteiger partial charge in [-0.25, -0.2) is 0 Å². The van der Waals surface area contributed by atoms with E-state index in [4.69, 9.17) is 0 Å². The van der Waals surface area contributed by atoms with Crippen LogP contribution in [0.15, 0.2) is 84.9 Å². The van der Waals surface area contributed by atoms with Crippen LogP contribution in [0.4, 0.5) is 0 Å². The predicted octanol–water partition coefficient (Wildman–Crippen LogP) is 5.37. The van der Waals surface area contributed by atoms with E-state index in [0.29, 0.717) is 6.04 Å². The van der Waals surface area contributed by atoms with E-state index in [1.165, 1.54) is 16.7 Å². The second-order valence-electron chi connectivity index (χ2n) is 7.15. The van der Waals surface area contributed by atoms with Crippen LogP contribution >= 0.6 is 0 Å². The van der Waals surface area contributed by atoms with Gasteiger partial charge in [-0.3, -0.25) is 9.69 Å². The molecule has 1 aliphatic rings. The summed E-state index contributed by atoms with van der Waals surface area (Å²) in [5.74, 6) is 0.219. The lowest BCUT2D eigenvalue weighted by molar-refractivity contribution is 0.0969. The molecule has 3 unspecified atom stereocenters. The summed E-state index contributed by atoms with van der Waals surface area (Å²) in [7, 11) is 0. The van der Waals surface area contributed by atoms with Crippen LogP contribution in [-0.2, 0) is 0 Å². The van der Waals surface area contributed by atoms with Crippen LogP contribution in [-0.4, -0.2) is 22.8 Å². The lowest BCUT2D eigenvalue weighted by atomic mass is 10.00. The first-order valence-electron chi connectivity index (χ1n) is 9.19. The Labute approximate surface area is 155 Å². The fourth-order valence-corrected chi connectivity index (χ4v) is 3.80. The molecule has 2 heteroatoms. The van der Waals surface area contributed by atoms with Gasteiger partial charge in [-0.05, 0) is 30.5 Å². The van der Waals surface area contributed by atoms with Gasteiger partial charge in [-0.15, -0.1) is 0 Å². The molecule has 130 valence electrons. The molecule has 0 radical (unpaired) electrons. The van der Waals surface area contributed by atoms with Crippen LogP contribution in [0, 0.1) is 0 Å². The molecule has 4 rings (SSSR count). The van der Waals surface area contributed by atoms with Crippen molar-refractivity contribution in [2.24, 2.45) is 0 Å². The first-order valence-corrected chi connectivity index (χ1v) is 9.19. The number of ketones is 1. The van der Waals surface area contributed by atoms with Crippen LogP contribution < -0.4 is 0 Å². The van der Waals surface area contributed by atoms with Crippen LogP contribution in [0.3, 0.4) is 0 Å². The van der Waals surface area contributed by atoms with Crippen LogP contribution in [0.2, 0.25) is 0 Å². The highest BCUT2D eigenvalue weighted by Gasteiger charge is 2.54. The molecule has 3 aromatic carbocycles. The fourth-order valence-electron chi connectivity index (χ4n) is 3.80. The van der Waals surface area contributed by atoms with E-state index in [9.17, 15) is 4.79 Å². The van der Waals surface area contributed by atoms with Crippen molar-refractivity contribution in [3.8, 4) is 11.1 Å². The van der Waals surface area contributed by atoms with Crippen LogP contribution in [0.1, 0.15) is 35.8 Å². The Hall–Kier alpha value is -2.71. The van der Waals surface area contributed by atoms with Crippen molar-refractivity contribution < 1.29 is 4.79 Å².